The molecule has 2 heterocycles. The van der Waals surface area contributed by atoms with Gasteiger partial charge in [-0.05, 0) is 17.7 Å². The van der Waals surface area contributed by atoms with E-state index in [4.69, 9.17) is 0 Å². The summed E-state index contributed by atoms with van der Waals surface area (Å²) in [6, 6.07) is 6.72. The molecule has 3 aromatic rings. The third kappa shape index (κ3) is 4.94. The third-order valence-electron chi connectivity index (χ3n) is 4.11. The Labute approximate surface area is 173 Å². The standard InChI is InChI=1S/C18H22FN5S.HI/c1-18(2,13-5-4-6-14(19)9-13)12-22-16(20-3)21-10-15-11-24-7-8-25-17(24)23-15;/h4-9,11H,10,12H2,1-3H3,(H2,20,21,22);1H. The van der Waals surface area contributed by atoms with Crippen LogP contribution in [0.5, 0.6) is 0 Å². The SMILES string of the molecule is CN=C(NCc1cn2ccsc2n1)NCC(C)(C)c1cccc(F)c1.I. The quantitative estimate of drug-likeness (QED) is 0.327. The predicted octanol–water partition coefficient (Wildman–Crippen LogP) is 3.80. The van der Waals surface area contributed by atoms with E-state index in [9.17, 15) is 4.39 Å². The van der Waals surface area contributed by atoms with E-state index < -0.39 is 0 Å². The Bertz CT molecular complexity index is 858. The molecule has 0 saturated carbocycles. The van der Waals surface area contributed by atoms with E-state index in [1.165, 1.54) is 6.07 Å². The number of aliphatic imine (C=N–C) groups is 1. The first-order valence-electron chi connectivity index (χ1n) is 8.09. The highest BCUT2D eigenvalue weighted by molar-refractivity contribution is 14.0. The van der Waals surface area contributed by atoms with Crippen molar-refractivity contribution in [2.75, 3.05) is 13.6 Å². The summed E-state index contributed by atoms with van der Waals surface area (Å²) in [6.45, 7) is 5.37. The van der Waals surface area contributed by atoms with Crippen LogP contribution in [0.4, 0.5) is 4.39 Å². The number of aromatic nitrogens is 2. The van der Waals surface area contributed by atoms with Crippen LogP contribution in [-0.4, -0.2) is 28.9 Å². The van der Waals surface area contributed by atoms with Crippen LogP contribution in [0.2, 0.25) is 0 Å². The minimum atomic E-state index is -0.225. The molecular formula is C18H23FIN5S. The third-order valence-corrected chi connectivity index (χ3v) is 4.88. The lowest BCUT2D eigenvalue weighted by molar-refractivity contribution is 0.503. The first kappa shape index (κ1) is 20.6. The molecule has 0 aliphatic heterocycles. The maximum absolute atomic E-state index is 13.5. The van der Waals surface area contributed by atoms with Gasteiger partial charge in [-0.1, -0.05) is 26.0 Å². The van der Waals surface area contributed by atoms with Crippen LogP contribution in [0.1, 0.15) is 25.1 Å². The summed E-state index contributed by atoms with van der Waals surface area (Å²) in [4.78, 5) is 9.77. The molecule has 0 atom stereocenters. The summed E-state index contributed by atoms with van der Waals surface area (Å²) in [7, 11) is 1.73. The van der Waals surface area contributed by atoms with Gasteiger partial charge < -0.3 is 10.6 Å². The second-order valence-electron chi connectivity index (χ2n) is 6.50. The number of hydrogen-bond acceptors (Lipinski definition) is 3. The monoisotopic (exact) mass is 487 g/mol. The minimum Gasteiger partial charge on any atom is -0.356 e. The Morgan fingerprint density at radius 3 is 2.85 bits per heavy atom. The molecular weight excluding hydrogens is 464 g/mol. The summed E-state index contributed by atoms with van der Waals surface area (Å²) < 4.78 is 15.5. The first-order chi connectivity index (χ1) is 12.0. The number of rotatable bonds is 5. The van der Waals surface area contributed by atoms with Crippen molar-refractivity contribution in [1.82, 2.24) is 20.0 Å². The van der Waals surface area contributed by atoms with Crippen LogP contribution >= 0.6 is 35.3 Å². The fraction of sp³-hybridized carbons (Fsp3) is 0.333. The molecule has 140 valence electrons. The van der Waals surface area contributed by atoms with E-state index >= 15 is 0 Å². The van der Waals surface area contributed by atoms with Gasteiger partial charge in [0.05, 0.1) is 12.2 Å². The van der Waals surface area contributed by atoms with Crippen LogP contribution in [0.3, 0.4) is 0 Å². The summed E-state index contributed by atoms with van der Waals surface area (Å²) in [5.74, 6) is 0.480. The largest absolute Gasteiger partial charge is 0.356 e. The molecule has 0 bridgehead atoms. The number of fused-ring (bicyclic) bond motifs is 1. The van der Waals surface area contributed by atoms with Gasteiger partial charge in [0.1, 0.15) is 5.82 Å². The number of hydrogen-bond donors (Lipinski definition) is 2. The molecule has 0 saturated heterocycles. The molecule has 0 spiro atoms. The zero-order valence-electron chi connectivity index (χ0n) is 15.0. The Balaban J connectivity index is 0.00000243. The fourth-order valence-electron chi connectivity index (χ4n) is 2.57. The van der Waals surface area contributed by atoms with E-state index in [-0.39, 0.29) is 35.2 Å². The number of imidazole rings is 1. The zero-order chi connectivity index (χ0) is 17.9. The van der Waals surface area contributed by atoms with Crippen molar-refractivity contribution >= 4 is 46.2 Å². The second kappa shape index (κ2) is 8.81. The molecule has 1 aromatic carbocycles. The topological polar surface area (TPSA) is 53.7 Å². The van der Waals surface area contributed by atoms with Crippen LogP contribution in [0, 0.1) is 5.82 Å². The highest BCUT2D eigenvalue weighted by atomic mass is 127. The molecule has 0 fully saturated rings. The molecule has 2 aromatic heterocycles. The predicted molar refractivity (Wildman–Crippen MR) is 116 cm³/mol. The van der Waals surface area contributed by atoms with Crippen molar-refractivity contribution in [3.8, 4) is 0 Å². The molecule has 8 heteroatoms. The van der Waals surface area contributed by atoms with Gasteiger partial charge in [-0.25, -0.2) is 9.37 Å². The van der Waals surface area contributed by atoms with E-state index in [2.05, 4.69) is 34.5 Å². The summed E-state index contributed by atoms with van der Waals surface area (Å²) >= 11 is 1.61. The average Bonchev–Trinajstić information content (AvgIpc) is 3.16. The van der Waals surface area contributed by atoms with Crippen molar-refractivity contribution in [3.05, 3.63) is 59.1 Å². The van der Waals surface area contributed by atoms with E-state index in [0.29, 0.717) is 19.0 Å². The van der Waals surface area contributed by atoms with Crippen molar-refractivity contribution in [3.63, 3.8) is 0 Å². The van der Waals surface area contributed by atoms with Crippen molar-refractivity contribution in [1.29, 1.82) is 0 Å². The lowest BCUT2D eigenvalue weighted by atomic mass is 9.84. The number of nitrogens with zero attached hydrogens (tertiary/aromatic N) is 3. The van der Waals surface area contributed by atoms with Crippen LogP contribution < -0.4 is 10.6 Å². The van der Waals surface area contributed by atoms with Crippen LogP contribution in [-0.2, 0) is 12.0 Å². The smallest absolute Gasteiger partial charge is 0.193 e. The van der Waals surface area contributed by atoms with E-state index in [1.807, 2.05) is 28.2 Å². The van der Waals surface area contributed by atoms with Gasteiger partial charge in [0, 0.05) is 36.8 Å². The number of guanidine groups is 1. The molecule has 0 radical (unpaired) electrons. The Hall–Kier alpha value is -1.68. The van der Waals surface area contributed by atoms with Crippen molar-refractivity contribution < 1.29 is 4.39 Å². The first-order valence-corrected chi connectivity index (χ1v) is 8.97. The van der Waals surface area contributed by atoms with Crippen molar-refractivity contribution in [2.24, 2.45) is 4.99 Å². The highest BCUT2D eigenvalue weighted by Crippen LogP contribution is 2.22. The molecule has 5 nitrogen and oxygen atoms in total. The van der Waals surface area contributed by atoms with Gasteiger partial charge in [0.15, 0.2) is 10.9 Å². The molecule has 3 rings (SSSR count). The molecule has 26 heavy (non-hydrogen) atoms. The second-order valence-corrected chi connectivity index (χ2v) is 7.37. The molecule has 0 aliphatic rings. The van der Waals surface area contributed by atoms with Gasteiger partial charge in [-0.2, -0.15) is 0 Å². The minimum absolute atomic E-state index is 0. The van der Waals surface area contributed by atoms with Gasteiger partial charge in [0.25, 0.3) is 0 Å². The van der Waals surface area contributed by atoms with E-state index in [1.54, 1.807) is 30.5 Å². The van der Waals surface area contributed by atoms with Gasteiger partial charge in [-0.15, -0.1) is 35.3 Å². The van der Waals surface area contributed by atoms with Crippen LogP contribution in [0.25, 0.3) is 4.96 Å². The van der Waals surface area contributed by atoms with Gasteiger partial charge in [0.2, 0.25) is 0 Å². The molecule has 0 unspecified atom stereocenters. The molecule has 0 amide bonds. The zero-order valence-corrected chi connectivity index (χ0v) is 18.1. The maximum atomic E-state index is 13.5. The number of benzene rings is 1. The Morgan fingerprint density at radius 1 is 1.35 bits per heavy atom. The van der Waals surface area contributed by atoms with Crippen LogP contribution in [0.15, 0.2) is 47.0 Å². The molecule has 2 N–H and O–H groups in total. The maximum Gasteiger partial charge on any atom is 0.193 e. The van der Waals surface area contributed by atoms with Crippen molar-refractivity contribution in [2.45, 2.75) is 25.8 Å². The highest BCUT2D eigenvalue weighted by Gasteiger charge is 2.21. The molecule has 0 aliphatic carbocycles. The van der Waals surface area contributed by atoms with Gasteiger partial charge in [-0.3, -0.25) is 9.39 Å². The number of thiazole rings is 1. The lowest BCUT2D eigenvalue weighted by Crippen LogP contribution is -2.43. The summed E-state index contributed by atoms with van der Waals surface area (Å²) in [6.07, 6.45) is 3.99. The Kier molecular flexibility index (Phi) is 6.99. The Morgan fingerprint density at radius 2 is 2.15 bits per heavy atom. The fourth-order valence-corrected chi connectivity index (χ4v) is 3.29. The summed E-state index contributed by atoms with van der Waals surface area (Å²) in [5, 5.41) is 8.58. The number of nitrogens with one attached hydrogen (secondary N) is 2. The summed E-state index contributed by atoms with van der Waals surface area (Å²) in [5.41, 5.74) is 1.68. The lowest BCUT2D eigenvalue weighted by Gasteiger charge is -2.26. The average molecular weight is 487 g/mol. The van der Waals surface area contributed by atoms with E-state index in [0.717, 1.165) is 16.2 Å². The normalized spacial score (nSPS) is 12.1. The number of halogens is 2. The van der Waals surface area contributed by atoms with Gasteiger partial charge >= 0.3 is 0 Å².